The fraction of sp³-hybridized carbons (Fsp3) is 0.167. The van der Waals surface area contributed by atoms with Crippen LogP contribution in [-0.4, -0.2) is 0 Å². The molecular weight excluding hydrogens is 288 g/mol. The van der Waals surface area contributed by atoms with Crippen LogP contribution in [0.5, 0.6) is 0 Å². The van der Waals surface area contributed by atoms with Gasteiger partial charge in [-0.25, -0.2) is 0 Å². The van der Waals surface area contributed by atoms with Crippen LogP contribution in [0.15, 0.2) is 61.2 Å². The highest BCUT2D eigenvalue weighted by atomic mass is 14.1. The highest BCUT2D eigenvalue weighted by molar-refractivity contribution is 6.03. The summed E-state index contributed by atoms with van der Waals surface area (Å²) in [5, 5.41) is 7.20. The first-order valence-electron chi connectivity index (χ1n) is 8.57. The molecule has 0 fully saturated rings. The molecule has 0 aliphatic rings. The normalized spacial score (nSPS) is 11.7. The third kappa shape index (κ3) is 3.33. The maximum absolute atomic E-state index is 4.33. The van der Waals surface area contributed by atoms with Gasteiger partial charge in [-0.2, -0.15) is 0 Å². The van der Waals surface area contributed by atoms with Gasteiger partial charge in [0.15, 0.2) is 0 Å². The van der Waals surface area contributed by atoms with Crippen molar-refractivity contribution in [2.24, 2.45) is 0 Å². The summed E-state index contributed by atoms with van der Waals surface area (Å²) in [4.78, 5) is 0. The zero-order valence-electron chi connectivity index (χ0n) is 15.0. The van der Waals surface area contributed by atoms with Gasteiger partial charge in [0.2, 0.25) is 0 Å². The molecule has 0 heterocycles. The lowest BCUT2D eigenvalue weighted by Crippen LogP contribution is -2.14. The van der Waals surface area contributed by atoms with Gasteiger partial charge in [-0.3, -0.25) is 0 Å². The number of benzene rings is 3. The minimum atomic E-state index is 1.08. The molecule has 0 atom stereocenters. The van der Waals surface area contributed by atoms with E-state index < -0.39 is 0 Å². The van der Waals surface area contributed by atoms with Crippen LogP contribution in [-0.2, 0) is 0 Å². The van der Waals surface area contributed by atoms with Crippen LogP contribution in [0.3, 0.4) is 0 Å². The van der Waals surface area contributed by atoms with E-state index in [1.54, 1.807) is 0 Å². The Hall–Kier alpha value is -2.60. The van der Waals surface area contributed by atoms with Gasteiger partial charge >= 0.3 is 0 Å². The van der Waals surface area contributed by atoms with Crippen molar-refractivity contribution in [3.8, 4) is 0 Å². The average molecular weight is 314 g/mol. The van der Waals surface area contributed by atoms with Gasteiger partial charge in [0.25, 0.3) is 0 Å². The predicted octanol–water partition coefficient (Wildman–Crippen LogP) is 5.82. The summed E-state index contributed by atoms with van der Waals surface area (Å²) >= 11 is 0. The Bertz CT molecular complexity index is 988. The second-order valence-corrected chi connectivity index (χ2v) is 5.81. The Morgan fingerprint density at radius 1 is 0.917 bits per heavy atom. The summed E-state index contributed by atoms with van der Waals surface area (Å²) < 4.78 is 0. The molecule has 24 heavy (non-hydrogen) atoms. The van der Waals surface area contributed by atoms with Gasteiger partial charge in [-0.1, -0.05) is 100 Å². The number of fused-ring (bicyclic) bond motifs is 2. The fourth-order valence-corrected chi connectivity index (χ4v) is 2.93. The molecule has 0 nitrogen and oxygen atoms in total. The smallest absolute Gasteiger partial charge is 0.00325 e. The zero-order chi connectivity index (χ0) is 17.5. The highest BCUT2D eigenvalue weighted by Gasteiger charge is 2.06. The summed E-state index contributed by atoms with van der Waals surface area (Å²) in [5.74, 6) is 0. The van der Waals surface area contributed by atoms with E-state index in [2.05, 4.69) is 87.7 Å². The Balaban J connectivity index is 0.000000647. The van der Waals surface area contributed by atoms with Crippen LogP contribution in [0.1, 0.15) is 32.8 Å². The maximum atomic E-state index is 4.33. The largest absolute Gasteiger partial charge is 0.0984 e. The minimum Gasteiger partial charge on any atom is -0.0984 e. The SMILES string of the molecule is C=Cc1cccc2/c(=C/C=C\C)c3ccccc3c(=C)c12.CCC. The van der Waals surface area contributed by atoms with Crippen molar-refractivity contribution >= 4 is 40.3 Å². The molecule has 0 aliphatic heterocycles. The Morgan fingerprint density at radius 2 is 1.54 bits per heavy atom. The molecule has 0 radical (unpaired) electrons. The van der Waals surface area contributed by atoms with Crippen molar-refractivity contribution in [1.29, 1.82) is 0 Å². The second kappa shape index (κ2) is 8.31. The van der Waals surface area contributed by atoms with Gasteiger partial charge in [-0.15, -0.1) is 0 Å². The van der Waals surface area contributed by atoms with E-state index in [0.717, 1.165) is 10.8 Å². The third-order valence-corrected chi connectivity index (χ3v) is 3.91. The summed E-state index contributed by atoms with van der Waals surface area (Å²) in [7, 11) is 0. The first kappa shape index (κ1) is 17.7. The van der Waals surface area contributed by atoms with Crippen molar-refractivity contribution in [2.75, 3.05) is 0 Å². The lowest BCUT2D eigenvalue weighted by molar-refractivity contribution is 1.09. The van der Waals surface area contributed by atoms with E-state index >= 15 is 0 Å². The maximum Gasteiger partial charge on any atom is -0.00325 e. The van der Waals surface area contributed by atoms with E-state index in [9.17, 15) is 0 Å². The third-order valence-electron chi connectivity index (χ3n) is 3.91. The molecule has 0 amide bonds. The molecule has 3 aromatic rings. The highest BCUT2D eigenvalue weighted by Crippen LogP contribution is 2.18. The van der Waals surface area contributed by atoms with Gasteiger partial charge in [-0.05, 0) is 44.5 Å². The van der Waals surface area contributed by atoms with Gasteiger partial charge < -0.3 is 0 Å². The van der Waals surface area contributed by atoms with E-state index in [1.807, 2.05) is 13.0 Å². The fourth-order valence-electron chi connectivity index (χ4n) is 2.93. The van der Waals surface area contributed by atoms with Crippen LogP contribution in [0.25, 0.3) is 40.3 Å². The van der Waals surface area contributed by atoms with Crippen molar-refractivity contribution in [3.05, 3.63) is 77.2 Å². The molecular formula is C24H26. The van der Waals surface area contributed by atoms with Crippen molar-refractivity contribution < 1.29 is 0 Å². The Kier molecular flexibility index (Phi) is 6.14. The summed E-state index contributed by atoms with van der Waals surface area (Å²) in [6.45, 7) is 14.6. The summed E-state index contributed by atoms with van der Waals surface area (Å²) in [5.41, 5.74) is 1.14. The van der Waals surface area contributed by atoms with E-state index in [0.29, 0.717) is 0 Å². The molecule has 0 saturated carbocycles. The quantitative estimate of drug-likeness (QED) is 0.523. The molecule has 0 heteroatoms. The van der Waals surface area contributed by atoms with Gasteiger partial charge in [0, 0.05) is 0 Å². The summed E-state index contributed by atoms with van der Waals surface area (Å²) in [6.07, 6.45) is 9.48. The molecule has 3 rings (SSSR count). The summed E-state index contributed by atoms with van der Waals surface area (Å²) in [6, 6.07) is 14.8. The van der Waals surface area contributed by atoms with Crippen LogP contribution in [0.2, 0.25) is 0 Å². The monoisotopic (exact) mass is 314 g/mol. The molecule has 0 aromatic heterocycles. The van der Waals surface area contributed by atoms with E-state index in [4.69, 9.17) is 0 Å². The minimum absolute atomic E-state index is 1.08. The lowest BCUT2D eigenvalue weighted by atomic mass is 9.95. The van der Waals surface area contributed by atoms with Crippen molar-refractivity contribution in [3.63, 3.8) is 0 Å². The van der Waals surface area contributed by atoms with Crippen LogP contribution in [0, 0.1) is 0 Å². The number of allylic oxidation sites excluding steroid dienone is 2. The topological polar surface area (TPSA) is 0 Å². The number of hydrogen-bond acceptors (Lipinski definition) is 0. The van der Waals surface area contributed by atoms with Gasteiger partial charge in [0.05, 0.1) is 0 Å². The van der Waals surface area contributed by atoms with E-state index in [-0.39, 0.29) is 0 Å². The zero-order valence-corrected chi connectivity index (χ0v) is 15.0. The van der Waals surface area contributed by atoms with Gasteiger partial charge in [0.1, 0.15) is 0 Å². The van der Waals surface area contributed by atoms with E-state index in [1.165, 1.54) is 33.2 Å². The van der Waals surface area contributed by atoms with Crippen LogP contribution in [0.4, 0.5) is 0 Å². The Morgan fingerprint density at radius 3 is 2.17 bits per heavy atom. The molecule has 122 valence electrons. The van der Waals surface area contributed by atoms with Crippen molar-refractivity contribution in [2.45, 2.75) is 27.2 Å². The van der Waals surface area contributed by atoms with Crippen molar-refractivity contribution in [1.82, 2.24) is 0 Å². The lowest BCUT2D eigenvalue weighted by Gasteiger charge is -2.09. The number of hydrogen-bond donors (Lipinski definition) is 0. The molecule has 3 aromatic carbocycles. The molecule has 0 spiro atoms. The number of rotatable bonds is 2. The molecule has 0 aliphatic carbocycles. The molecule has 0 bridgehead atoms. The average Bonchev–Trinajstić information content (AvgIpc) is 2.62. The first-order chi connectivity index (χ1) is 11.7. The van der Waals surface area contributed by atoms with Crippen LogP contribution < -0.4 is 10.4 Å². The molecule has 0 N–H and O–H groups in total. The van der Waals surface area contributed by atoms with Crippen LogP contribution >= 0.6 is 0 Å². The first-order valence-corrected chi connectivity index (χ1v) is 8.57. The predicted molar refractivity (Wildman–Crippen MR) is 112 cm³/mol. The second-order valence-electron chi connectivity index (χ2n) is 5.81. The molecule has 0 unspecified atom stereocenters. The standard InChI is InChI=1S/C21H18.C3H8/c1-4-6-11-19-18-13-8-7-12-17(18)15(3)21-16(5-2)10-9-14-20(19)21;1-3-2/h4-14H,2-3H2,1H3;3H2,1-2H3/b6-4-,19-11+;. The Labute approximate surface area is 145 Å². The molecule has 0 saturated heterocycles.